The monoisotopic (exact) mass is 291 g/mol. The number of β-amino-alcohol motifs (C(OH)–C–C–N with tert-alkyl or cyclic N) is 1. The summed E-state index contributed by atoms with van der Waals surface area (Å²) in [5, 5.41) is 19.4. The van der Waals surface area contributed by atoms with Gasteiger partial charge in [0, 0.05) is 18.8 Å². The smallest absolute Gasteiger partial charge is 0.245 e. The van der Waals surface area contributed by atoms with E-state index in [0.717, 1.165) is 12.2 Å². The number of amides is 1. The van der Waals surface area contributed by atoms with Gasteiger partial charge in [0.2, 0.25) is 5.91 Å². The first kappa shape index (κ1) is 15.8. The van der Waals surface area contributed by atoms with E-state index in [1.54, 1.807) is 0 Å². The van der Waals surface area contributed by atoms with E-state index in [0.29, 0.717) is 13.0 Å². The highest BCUT2D eigenvalue weighted by molar-refractivity contribution is 5.88. The summed E-state index contributed by atoms with van der Waals surface area (Å²) in [5.41, 5.74) is 0.522. The van der Waals surface area contributed by atoms with Gasteiger partial charge in [0.15, 0.2) is 0 Å². The number of hydrogen-bond donors (Lipinski definition) is 4. The van der Waals surface area contributed by atoms with E-state index >= 15 is 0 Å². The van der Waals surface area contributed by atoms with Crippen molar-refractivity contribution >= 4 is 11.6 Å². The van der Waals surface area contributed by atoms with Gasteiger partial charge in [-0.05, 0) is 45.9 Å². The van der Waals surface area contributed by atoms with Crippen molar-refractivity contribution in [1.29, 1.82) is 0 Å². The molecule has 2 rings (SSSR count). The van der Waals surface area contributed by atoms with Gasteiger partial charge < -0.3 is 21.1 Å². The van der Waals surface area contributed by atoms with Crippen LogP contribution < -0.4 is 16.0 Å². The van der Waals surface area contributed by atoms with E-state index in [1.165, 1.54) is 5.56 Å². The van der Waals surface area contributed by atoms with Crippen LogP contribution in [0.25, 0.3) is 0 Å². The lowest BCUT2D eigenvalue weighted by molar-refractivity contribution is -0.125. The average molecular weight is 291 g/mol. The van der Waals surface area contributed by atoms with Crippen LogP contribution in [0.3, 0.4) is 0 Å². The molecule has 1 aliphatic heterocycles. The second-order valence-electron chi connectivity index (χ2n) is 6.45. The van der Waals surface area contributed by atoms with Crippen molar-refractivity contribution in [2.24, 2.45) is 0 Å². The summed E-state index contributed by atoms with van der Waals surface area (Å²) in [6.45, 7) is 7.28. The van der Waals surface area contributed by atoms with E-state index in [-0.39, 0.29) is 12.5 Å². The molecule has 1 aliphatic rings. The molecule has 1 heterocycles. The van der Waals surface area contributed by atoms with Crippen molar-refractivity contribution in [2.75, 3.05) is 25.0 Å². The molecule has 0 aromatic heterocycles. The van der Waals surface area contributed by atoms with Crippen LogP contribution in [0.1, 0.15) is 25.8 Å². The topological polar surface area (TPSA) is 73.4 Å². The summed E-state index contributed by atoms with van der Waals surface area (Å²) < 4.78 is 0. The Morgan fingerprint density at radius 3 is 2.62 bits per heavy atom. The maximum Gasteiger partial charge on any atom is 0.245 e. The zero-order valence-corrected chi connectivity index (χ0v) is 13.0. The molecule has 5 nitrogen and oxygen atoms in total. The maximum absolute atomic E-state index is 12.3. The first-order valence-corrected chi connectivity index (χ1v) is 7.37. The fraction of sp³-hybridized carbons (Fsp3) is 0.562. The third-order valence-electron chi connectivity index (χ3n) is 3.88. The Balaban J connectivity index is 1.91. The number of nitrogens with one attached hydrogen (secondary N) is 3. The highest BCUT2D eigenvalue weighted by Crippen LogP contribution is 2.17. The van der Waals surface area contributed by atoms with E-state index < -0.39 is 11.1 Å². The van der Waals surface area contributed by atoms with E-state index in [2.05, 4.69) is 16.0 Å². The number of rotatable bonds is 5. The molecule has 5 heteroatoms. The lowest BCUT2D eigenvalue weighted by Gasteiger charge is -2.29. The molecule has 21 heavy (non-hydrogen) atoms. The van der Waals surface area contributed by atoms with Gasteiger partial charge in [0.05, 0.1) is 5.60 Å². The Morgan fingerprint density at radius 1 is 1.38 bits per heavy atom. The van der Waals surface area contributed by atoms with Crippen LogP contribution in [0.5, 0.6) is 0 Å². The Morgan fingerprint density at radius 2 is 2.05 bits per heavy atom. The molecule has 0 radical (unpaired) electrons. The largest absolute Gasteiger partial charge is 0.387 e. The minimum Gasteiger partial charge on any atom is -0.387 e. The summed E-state index contributed by atoms with van der Waals surface area (Å²) in [5.74, 6) is -0.122. The number of carbonyl (C=O) groups is 1. The quantitative estimate of drug-likeness (QED) is 0.654. The fourth-order valence-electron chi connectivity index (χ4n) is 2.40. The van der Waals surface area contributed by atoms with Crippen LogP contribution in [0.2, 0.25) is 0 Å². The van der Waals surface area contributed by atoms with Crippen molar-refractivity contribution in [3.05, 3.63) is 29.8 Å². The highest BCUT2D eigenvalue weighted by Gasteiger charge is 2.34. The van der Waals surface area contributed by atoms with E-state index in [1.807, 2.05) is 45.0 Å². The van der Waals surface area contributed by atoms with Gasteiger partial charge in [-0.15, -0.1) is 0 Å². The van der Waals surface area contributed by atoms with Gasteiger partial charge in [0.1, 0.15) is 5.54 Å². The lowest BCUT2D eigenvalue weighted by Crippen LogP contribution is -2.53. The second-order valence-corrected chi connectivity index (χ2v) is 6.45. The molecular weight excluding hydrogens is 266 g/mol. The van der Waals surface area contributed by atoms with Gasteiger partial charge >= 0.3 is 0 Å². The van der Waals surface area contributed by atoms with Crippen LogP contribution >= 0.6 is 0 Å². The molecule has 0 bridgehead atoms. The van der Waals surface area contributed by atoms with Crippen molar-refractivity contribution < 1.29 is 9.90 Å². The third-order valence-corrected chi connectivity index (χ3v) is 3.88. The highest BCUT2D eigenvalue weighted by atomic mass is 16.3. The molecular formula is C16H25N3O2. The number of hydrogen-bond acceptors (Lipinski definition) is 4. The van der Waals surface area contributed by atoms with Crippen molar-refractivity contribution in [1.82, 2.24) is 10.6 Å². The van der Waals surface area contributed by atoms with Crippen molar-refractivity contribution in [3.63, 3.8) is 0 Å². The zero-order chi connectivity index (χ0) is 15.5. The molecule has 1 aromatic carbocycles. The Hall–Kier alpha value is -1.59. The van der Waals surface area contributed by atoms with Gasteiger partial charge in [-0.3, -0.25) is 4.79 Å². The first-order chi connectivity index (χ1) is 9.81. The minimum atomic E-state index is -0.824. The Labute approximate surface area is 126 Å². The van der Waals surface area contributed by atoms with Crippen molar-refractivity contribution in [3.8, 4) is 0 Å². The van der Waals surface area contributed by atoms with E-state index in [9.17, 15) is 9.90 Å². The predicted octanol–water partition coefficient (Wildman–Crippen LogP) is 1.03. The van der Waals surface area contributed by atoms with Crippen LogP contribution in [-0.2, 0) is 4.79 Å². The molecule has 116 valence electrons. The molecule has 1 unspecified atom stereocenters. The van der Waals surface area contributed by atoms with Gasteiger partial charge in [0.25, 0.3) is 0 Å². The molecule has 0 saturated carbocycles. The first-order valence-electron chi connectivity index (χ1n) is 7.37. The van der Waals surface area contributed by atoms with Crippen LogP contribution in [0, 0.1) is 6.92 Å². The normalized spacial score (nSPS) is 22.1. The maximum atomic E-state index is 12.3. The van der Waals surface area contributed by atoms with Crippen LogP contribution in [0.4, 0.5) is 5.69 Å². The summed E-state index contributed by atoms with van der Waals surface area (Å²) >= 11 is 0. The number of anilines is 1. The number of benzene rings is 1. The molecule has 1 saturated heterocycles. The van der Waals surface area contributed by atoms with E-state index in [4.69, 9.17) is 0 Å². The molecule has 1 aromatic rings. The molecule has 0 spiro atoms. The van der Waals surface area contributed by atoms with Gasteiger partial charge in [-0.25, -0.2) is 0 Å². The molecule has 4 N–H and O–H groups in total. The number of carbonyl (C=O) groups excluding carboxylic acids is 1. The van der Waals surface area contributed by atoms with Gasteiger partial charge in [-0.1, -0.05) is 17.7 Å². The Bertz CT molecular complexity index is 491. The molecule has 0 aliphatic carbocycles. The summed E-state index contributed by atoms with van der Waals surface area (Å²) in [6, 6.07) is 7.92. The van der Waals surface area contributed by atoms with Crippen molar-refractivity contribution in [2.45, 2.75) is 38.3 Å². The second kappa shape index (κ2) is 6.03. The summed E-state index contributed by atoms with van der Waals surface area (Å²) in [7, 11) is 0. The summed E-state index contributed by atoms with van der Waals surface area (Å²) in [4.78, 5) is 12.3. The van der Waals surface area contributed by atoms with Gasteiger partial charge in [-0.2, -0.15) is 0 Å². The standard InChI is InChI=1S/C16H25N3O2/c1-12-4-6-13(7-5-12)19-15(2,3)14(20)18-11-16(21)8-9-17-10-16/h4-7,17,19,21H,8-11H2,1-3H3,(H,18,20). The Kier molecular flexibility index (Phi) is 4.54. The average Bonchev–Trinajstić information content (AvgIpc) is 2.86. The summed E-state index contributed by atoms with van der Waals surface area (Å²) in [6.07, 6.45) is 0.666. The minimum absolute atomic E-state index is 0.122. The van der Waals surface area contributed by atoms with Crippen LogP contribution in [-0.4, -0.2) is 41.8 Å². The molecule has 1 amide bonds. The lowest BCUT2D eigenvalue weighted by atomic mass is 10.0. The fourth-order valence-corrected chi connectivity index (χ4v) is 2.40. The number of aryl methyl sites for hydroxylation is 1. The molecule has 1 atom stereocenters. The zero-order valence-electron chi connectivity index (χ0n) is 13.0. The van der Waals surface area contributed by atoms with Crippen LogP contribution in [0.15, 0.2) is 24.3 Å². The molecule has 1 fully saturated rings. The SMILES string of the molecule is Cc1ccc(NC(C)(C)C(=O)NCC2(O)CCNC2)cc1. The number of aliphatic hydroxyl groups is 1. The third kappa shape index (κ3) is 4.19. The predicted molar refractivity (Wildman–Crippen MR) is 84.3 cm³/mol.